The lowest BCUT2D eigenvalue weighted by molar-refractivity contribution is 0.410. The third-order valence-corrected chi connectivity index (χ3v) is 8.48. The Morgan fingerprint density at radius 3 is 2.53 bits per heavy atom. The lowest BCUT2D eigenvalue weighted by Gasteiger charge is -2.26. The first-order valence-electron chi connectivity index (χ1n) is 12.0. The van der Waals surface area contributed by atoms with Gasteiger partial charge in [-0.3, -0.25) is 4.72 Å². The van der Waals surface area contributed by atoms with Crippen molar-refractivity contribution in [2.75, 3.05) is 10.0 Å². The summed E-state index contributed by atoms with van der Waals surface area (Å²) in [6.07, 6.45) is 5.95. The van der Waals surface area contributed by atoms with Crippen LogP contribution in [0.5, 0.6) is 0 Å². The number of benzene rings is 3. The van der Waals surface area contributed by atoms with Crippen molar-refractivity contribution in [3.8, 4) is 11.1 Å². The Morgan fingerprint density at radius 1 is 1.00 bits per heavy atom. The molecule has 1 fully saturated rings. The standard InChI is InChI=1S/C27H28ClN5O2S/c1-17-14-22(33-36(34,35)26-5-3-2-4-24(26)28)11-12-23(17)18-6-13-25-19(15-18)16-30-27(32-25)31-21-9-7-20(29)8-10-21/h2-6,11-16,20-21,33H,7-10,29H2,1H3,(H,30,31,32)/t20-,21-. The Morgan fingerprint density at radius 2 is 1.78 bits per heavy atom. The second-order valence-electron chi connectivity index (χ2n) is 9.29. The fourth-order valence-corrected chi connectivity index (χ4v) is 6.21. The van der Waals surface area contributed by atoms with Crippen LogP contribution in [0.25, 0.3) is 22.0 Å². The van der Waals surface area contributed by atoms with Gasteiger partial charge < -0.3 is 11.1 Å². The number of fused-ring (bicyclic) bond motifs is 1. The maximum atomic E-state index is 12.8. The molecule has 36 heavy (non-hydrogen) atoms. The number of nitrogens with one attached hydrogen (secondary N) is 2. The number of aromatic nitrogens is 2. The van der Waals surface area contributed by atoms with Crippen LogP contribution in [0.1, 0.15) is 31.2 Å². The molecule has 4 N–H and O–H groups in total. The fraction of sp³-hybridized carbons (Fsp3) is 0.259. The minimum absolute atomic E-state index is 0.0452. The highest BCUT2D eigenvalue weighted by Gasteiger charge is 2.20. The van der Waals surface area contributed by atoms with Crippen molar-refractivity contribution in [3.63, 3.8) is 0 Å². The monoisotopic (exact) mass is 521 g/mol. The number of anilines is 2. The van der Waals surface area contributed by atoms with Crippen LogP contribution in [-0.4, -0.2) is 30.5 Å². The summed E-state index contributed by atoms with van der Waals surface area (Å²) in [7, 11) is -3.80. The van der Waals surface area contributed by atoms with Gasteiger partial charge in [0.05, 0.1) is 10.5 Å². The highest BCUT2D eigenvalue weighted by Crippen LogP contribution is 2.30. The normalized spacial score (nSPS) is 18.2. The van der Waals surface area contributed by atoms with Crippen LogP contribution in [0, 0.1) is 6.92 Å². The van der Waals surface area contributed by atoms with E-state index in [1.54, 1.807) is 24.3 Å². The Bertz CT molecular complexity index is 1520. The van der Waals surface area contributed by atoms with Crippen molar-refractivity contribution in [3.05, 3.63) is 77.4 Å². The van der Waals surface area contributed by atoms with E-state index in [9.17, 15) is 8.42 Å². The highest BCUT2D eigenvalue weighted by molar-refractivity contribution is 7.92. The predicted octanol–water partition coefficient (Wildman–Crippen LogP) is 5.74. The number of halogens is 1. The van der Waals surface area contributed by atoms with Crippen LogP contribution < -0.4 is 15.8 Å². The van der Waals surface area contributed by atoms with Crippen molar-refractivity contribution >= 4 is 44.2 Å². The maximum Gasteiger partial charge on any atom is 0.263 e. The fourth-order valence-electron chi connectivity index (χ4n) is 4.64. The molecule has 0 atom stereocenters. The van der Waals surface area contributed by atoms with Crippen LogP contribution in [0.3, 0.4) is 0 Å². The van der Waals surface area contributed by atoms with Gasteiger partial charge in [0.15, 0.2) is 0 Å². The molecule has 0 radical (unpaired) electrons. The maximum absolute atomic E-state index is 12.8. The molecule has 0 amide bonds. The number of aryl methyl sites for hydroxylation is 1. The van der Waals surface area contributed by atoms with Gasteiger partial charge in [-0.1, -0.05) is 35.9 Å². The van der Waals surface area contributed by atoms with Crippen molar-refractivity contribution in [1.82, 2.24) is 9.97 Å². The molecule has 1 aliphatic rings. The zero-order valence-electron chi connectivity index (χ0n) is 19.9. The Labute approximate surface area is 216 Å². The molecule has 0 spiro atoms. The molecular formula is C27H28ClN5O2S. The van der Waals surface area contributed by atoms with E-state index < -0.39 is 10.0 Å². The number of hydrogen-bond donors (Lipinski definition) is 3. The minimum atomic E-state index is -3.80. The molecule has 0 bridgehead atoms. The van der Waals surface area contributed by atoms with Gasteiger partial charge in [-0.05, 0) is 85.7 Å². The van der Waals surface area contributed by atoms with E-state index in [4.69, 9.17) is 22.3 Å². The molecule has 3 aromatic carbocycles. The summed E-state index contributed by atoms with van der Waals surface area (Å²) < 4.78 is 28.2. The smallest absolute Gasteiger partial charge is 0.263 e. The van der Waals surface area contributed by atoms with Gasteiger partial charge in [-0.25, -0.2) is 18.4 Å². The molecule has 1 aromatic heterocycles. The number of rotatable bonds is 6. The summed E-state index contributed by atoms with van der Waals surface area (Å²) in [5.41, 5.74) is 10.3. The van der Waals surface area contributed by atoms with Crippen molar-refractivity contribution in [1.29, 1.82) is 0 Å². The van der Waals surface area contributed by atoms with Gasteiger partial charge in [-0.2, -0.15) is 0 Å². The summed E-state index contributed by atoms with van der Waals surface area (Å²) in [5.74, 6) is 0.641. The van der Waals surface area contributed by atoms with E-state index in [1.165, 1.54) is 6.07 Å². The molecule has 1 heterocycles. The average molecular weight is 522 g/mol. The average Bonchev–Trinajstić information content (AvgIpc) is 2.85. The first-order chi connectivity index (χ1) is 17.3. The molecule has 4 aromatic rings. The van der Waals surface area contributed by atoms with Crippen LogP contribution >= 0.6 is 11.6 Å². The lowest BCUT2D eigenvalue weighted by atomic mass is 9.92. The van der Waals surface area contributed by atoms with Crippen LogP contribution in [0.4, 0.5) is 11.6 Å². The molecule has 0 saturated heterocycles. The Hall–Kier alpha value is -3.20. The summed E-state index contributed by atoms with van der Waals surface area (Å²) in [5, 5.41) is 4.56. The second kappa shape index (κ2) is 10.0. The van der Waals surface area contributed by atoms with E-state index in [1.807, 2.05) is 37.4 Å². The van der Waals surface area contributed by atoms with E-state index in [2.05, 4.69) is 21.1 Å². The van der Waals surface area contributed by atoms with Gasteiger partial charge in [0.2, 0.25) is 5.95 Å². The van der Waals surface area contributed by atoms with E-state index >= 15 is 0 Å². The number of hydrogen-bond acceptors (Lipinski definition) is 6. The lowest BCUT2D eigenvalue weighted by Crippen LogP contribution is -2.33. The first-order valence-corrected chi connectivity index (χ1v) is 13.8. The van der Waals surface area contributed by atoms with Crippen LogP contribution in [0.2, 0.25) is 5.02 Å². The zero-order chi connectivity index (χ0) is 25.3. The zero-order valence-corrected chi connectivity index (χ0v) is 21.5. The highest BCUT2D eigenvalue weighted by atomic mass is 35.5. The van der Waals surface area contributed by atoms with Crippen molar-refractivity contribution in [2.24, 2.45) is 5.73 Å². The Kier molecular flexibility index (Phi) is 6.83. The molecule has 1 aliphatic carbocycles. The molecule has 0 unspecified atom stereocenters. The van der Waals surface area contributed by atoms with Gasteiger partial charge in [-0.15, -0.1) is 0 Å². The summed E-state index contributed by atoms with van der Waals surface area (Å²) in [4.78, 5) is 9.27. The molecule has 9 heteroatoms. The van der Waals surface area contributed by atoms with Crippen molar-refractivity contribution < 1.29 is 8.42 Å². The summed E-state index contributed by atoms with van der Waals surface area (Å²) >= 11 is 6.09. The number of sulfonamides is 1. The molecule has 5 rings (SSSR count). The topological polar surface area (TPSA) is 110 Å². The van der Waals surface area contributed by atoms with E-state index in [-0.39, 0.29) is 9.92 Å². The van der Waals surface area contributed by atoms with Gasteiger partial charge >= 0.3 is 0 Å². The SMILES string of the molecule is Cc1cc(NS(=O)(=O)c2ccccc2Cl)ccc1-c1ccc2nc(N[C@H]3CC[C@H](N)CC3)ncc2c1. The van der Waals surface area contributed by atoms with Gasteiger partial charge in [0, 0.05) is 29.4 Å². The number of nitrogens with two attached hydrogens (primary N) is 1. The summed E-state index contributed by atoms with van der Waals surface area (Å²) in [6, 6.07) is 18.6. The largest absolute Gasteiger partial charge is 0.351 e. The first kappa shape index (κ1) is 24.5. The molecule has 7 nitrogen and oxygen atoms in total. The van der Waals surface area contributed by atoms with Gasteiger partial charge in [0.25, 0.3) is 10.0 Å². The third kappa shape index (κ3) is 5.31. The minimum Gasteiger partial charge on any atom is -0.351 e. The van der Waals surface area contributed by atoms with Crippen molar-refractivity contribution in [2.45, 2.75) is 49.6 Å². The second-order valence-corrected chi connectivity index (χ2v) is 11.3. The Balaban J connectivity index is 1.34. The quantitative estimate of drug-likeness (QED) is 0.298. The number of nitrogens with zero attached hydrogens (tertiary/aromatic N) is 2. The molecule has 1 saturated carbocycles. The summed E-state index contributed by atoms with van der Waals surface area (Å²) in [6.45, 7) is 1.95. The predicted molar refractivity (Wildman–Crippen MR) is 146 cm³/mol. The molecule has 0 aliphatic heterocycles. The van der Waals surface area contributed by atoms with Crippen LogP contribution in [-0.2, 0) is 10.0 Å². The van der Waals surface area contributed by atoms with Gasteiger partial charge in [0.1, 0.15) is 4.90 Å². The molecule has 186 valence electrons. The van der Waals surface area contributed by atoms with Crippen LogP contribution in [0.15, 0.2) is 71.8 Å². The molecular weight excluding hydrogens is 494 g/mol. The third-order valence-electron chi connectivity index (χ3n) is 6.60. The van der Waals surface area contributed by atoms with E-state index in [0.717, 1.165) is 53.3 Å². The van der Waals surface area contributed by atoms with E-state index in [0.29, 0.717) is 23.7 Å².